The lowest BCUT2D eigenvalue weighted by atomic mass is 10.1. The first-order chi connectivity index (χ1) is 17.7. The van der Waals surface area contributed by atoms with Gasteiger partial charge in [-0.25, -0.2) is 9.59 Å². The van der Waals surface area contributed by atoms with E-state index in [9.17, 15) is 9.59 Å². The van der Waals surface area contributed by atoms with Crippen LogP contribution in [-0.4, -0.2) is 101 Å². The Hall–Kier alpha value is -1.48. The summed E-state index contributed by atoms with van der Waals surface area (Å²) in [7, 11) is 0. The van der Waals surface area contributed by atoms with Crippen molar-refractivity contribution in [2.45, 2.75) is 77.0 Å². The van der Waals surface area contributed by atoms with Crippen LogP contribution in [0.4, 0.5) is 0 Å². The molecule has 0 spiro atoms. The second-order valence-corrected chi connectivity index (χ2v) is 9.82. The van der Waals surface area contributed by atoms with Crippen molar-refractivity contribution in [3.05, 3.63) is 12.2 Å². The molecule has 2 aliphatic heterocycles. The Morgan fingerprint density at radius 1 is 0.528 bits per heavy atom. The lowest BCUT2D eigenvalue weighted by molar-refractivity contribution is -0.140. The number of esters is 2. The van der Waals surface area contributed by atoms with Gasteiger partial charge in [0, 0.05) is 38.3 Å². The Morgan fingerprint density at radius 2 is 0.861 bits per heavy atom. The van der Waals surface area contributed by atoms with E-state index in [1.807, 2.05) is 0 Å². The van der Waals surface area contributed by atoms with Gasteiger partial charge in [0.25, 0.3) is 0 Å². The number of morpholine rings is 2. The molecule has 208 valence electrons. The van der Waals surface area contributed by atoms with E-state index >= 15 is 0 Å². The molecule has 2 fully saturated rings. The number of hydrogen-bond donors (Lipinski definition) is 0. The van der Waals surface area contributed by atoms with E-state index in [1.54, 1.807) is 0 Å². The number of rotatable bonds is 20. The summed E-state index contributed by atoms with van der Waals surface area (Å²) in [5.74, 6) is -0.955. The number of nitrogens with zero attached hydrogens (tertiary/aromatic N) is 2. The molecule has 0 unspecified atom stereocenters. The fourth-order valence-electron chi connectivity index (χ4n) is 4.52. The number of hydrogen-bond acceptors (Lipinski definition) is 8. The first-order valence-corrected chi connectivity index (χ1v) is 14.4. The van der Waals surface area contributed by atoms with Gasteiger partial charge in [0.2, 0.25) is 0 Å². The molecule has 0 aromatic heterocycles. The molecule has 2 rings (SSSR count). The van der Waals surface area contributed by atoms with Gasteiger partial charge in [-0.1, -0.05) is 51.4 Å². The summed E-state index contributed by atoms with van der Waals surface area (Å²) in [6.45, 7) is 10.9. The average molecular weight is 511 g/mol. The molecule has 2 heterocycles. The zero-order valence-electron chi connectivity index (χ0n) is 22.5. The van der Waals surface area contributed by atoms with Crippen molar-refractivity contribution in [1.29, 1.82) is 0 Å². The Morgan fingerprint density at radius 3 is 1.25 bits per heavy atom. The molecule has 0 atom stereocenters. The highest BCUT2D eigenvalue weighted by molar-refractivity contribution is 5.91. The third-order valence-electron chi connectivity index (χ3n) is 6.79. The SMILES string of the molecule is O=C(/C=C/C(=O)OCCCCCCCCN1CCOCC1)OCCCCCCCCN1CCOCC1. The monoisotopic (exact) mass is 510 g/mol. The zero-order valence-corrected chi connectivity index (χ0v) is 22.5. The molecule has 0 radical (unpaired) electrons. The topological polar surface area (TPSA) is 77.5 Å². The van der Waals surface area contributed by atoms with Crippen LogP contribution in [0.25, 0.3) is 0 Å². The van der Waals surface area contributed by atoms with Crippen LogP contribution in [0, 0.1) is 0 Å². The number of carbonyl (C=O) groups is 2. The van der Waals surface area contributed by atoms with Crippen LogP contribution in [0.1, 0.15) is 77.0 Å². The summed E-state index contributed by atoms with van der Waals surface area (Å²) in [5.41, 5.74) is 0. The zero-order chi connectivity index (χ0) is 25.5. The van der Waals surface area contributed by atoms with Crippen LogP contribution in [0.15, 0.2) is 12.2 Å². The molecule has 0 amide bonds. The van der Waals surface area contributed by atoms with Crippen molar-refractivity contribution in [2.24, 2.45) is 0 Å². The van der Waals surface area contributed by atoms with Crippen molar-refractivity contribution in [3.8, 4) is 0 Å². The van der Waals surface area contributed by atoms with E-state index in [0.717, 1.165) is 91.1 Å². The van der Waals surface area contributed by atoms with E-state index in [0.29, 0.717) is 13.2 Å². The number of unbranched alkanes of at least 4 members (excludes halogenated alkanes) is 10. The van der Waals surface area contributed by atoms with Gasteiger partial charge in [0.1, 0.15) is 0 Å². The highest BCUT2D eigenvalue weighted by atomic mass is 16.5. The van der Waals surface area contributed by atoms with Gasteiger partial charge in [0.05, 0.1) is 39.6 Å². The van der Waals surface area contributed by atoms with Crippen LogP contribution < -0.4 is 0 Å². The maximum absolute atomic E-state index is 11.7. The van der Waals surface area contributed by atoms with E-state index < -0.39 is 11.9 Å². The third kappa shape index (κ3) is 17.1. The summed E-state index contributed by atoms with van der Waals surface area (Å²) < 4.78 is 21.1. The van der Waals surface area contributed by atoms with Crippen molar-refractivity contribution in [1.82, 2.24) is 9.80 Å². The molecule has 0 aliphatic carbocycles. The molecule has 0 bridgehead atoms. The highest BCUT2D eigenvalue weighted by Crippen LogP contribution is 2.09. The molecular weight excluding hydrogens is 460 g/mol. The molecule has 0 aromatic carbocycles. The smallest absolute Gasteiger partial charge is 0.331 e. The predicted molar refractivity (Wildman–Crippen MR) is 141 cm³/mol. The van der Waals surface area contributed by atoms with Gasteiger partial charge in [-0.05, 0) is 38.8 Å². The summed E-state index contributed by atoms with van der Waals surface area (Å²) in [5, 5.41) is 0. The number of ether oxygens (including phenoxy) is 4. The second-order valence-electron chi connectivity index (χ2n) is 9.82. The molecule has 8 nitrogen and oxygen atoms in total. The van der Waals surface area contributed by atoms with Gasteiger partial charge in [0.15, 0.2) is 0 Å². The molecule has 0 saturated carbocycles. The van der Waals surface area contributed by atoms with Gasteiger partial charge < -0.3 is 18.9 Å². The van der Waals surface area contributed by atoms with Crippen LogP contribution in [0.2, 0.25) is 0 Å². The first-order valence-electron chi connectivity index (χ1n) is 14.4. The van der Waals surface area contributed by atoms with E-state index in [2.05, 4.69) is 9.80 Å². The fourth-order valence-corrected chi connectivity index (χ4v) is 4.52. The van der Waals surface area contributed by atoms with Crippen LogP contribution in [0.5, 0.6) is 0 Å². The Labute approximate surface area is 218 Å². The predicted octanol–water partition coefficient (Wildman–Crippen LogP) is 3.97. The summed E-state index contributed by atoms with van der Waals surface area (Å²) in [6, 6.07) is 0. The van der Waals surface area contributed by atoms with Crippen molar-refractivity contribution >= 4 is 11.9 Å². The summed E-state index contributed by atoms with van der Waals surface area (Å²) in [6.07, 6.45) is 15.9. The minimum Gasteiger partial charge on any atom is -0.463 e. The second kappa shape index (κ2) is 21.6. The Kier molecular flexibility index (Phi) is 18.4. The van der Waals surface area contributed by atoms with Crippen molar-refractivity contribution in [3.63, 3.8) is 0 Å². The van der Waals surface area contributed by atoms with Crippen molar-refractivity contribution < 1.29 is 28.5 Å². The highest BCUT2D eigenvalue weighted by Gasteiger charge is 2.10. The minimum atomic E-state index is -0.477. The maximum atomic E-state index is 11.7. The largest absolute Gasteiger partial charge is 0.463 e. The third-order valence-corrected chi connectivity index (χ3v) is 6.79. The molecule has 0 aromatic rings. The first kappa shape index (κ1) is 30.7. The normalized spacial score (nSPS) is 17.4. The Bertz CT molecular complexity index is 539. The fraction of sp³-hybridized carbons (Fsp3) is 0.857. The summed E-state index contributed by atoms with van der Waals surface area (Å²) in [4.78, 5) is 28.4. The van der Waals surface area contributed by atoms with Gasteiger partial charge in [-0.15, -0.1) is 0 Å². The van der Waals surface area contributed by atoms with Crippen LogP contribution in [0.3, 0.4) is 0 Å². The van der Waals surface area contributed by atoms with Crippen LogP contribution >= 0.6 is 0 Å². The summed E-state index contributed by atoms with van der Waals surface area (Å²) >= 11 is 0. The van der Waals surface area contributed by atoms with Crippen LogP contribution in [-0.2, 0) is 28.5 Å². The van der Waals surface area contributed by atoms with E-state index in [1.165, 1.54) is 63.8 Å². The van der Waals surface area contributed by atoms with Crippen molar-refractivity contribution in [2.75, 3.05) is 78.9 Å². The molecule has 8 heteroatoms. The number of carbonyl (C=O) groups excluding carboxylic acids is 2. The molecule has 2 aliphatic rings. The maximum Gasteiger partial charge on any atom is 0.331 e. The lowest BCUT2D eigenvalue weighted by Crippen LogP contribution is -2.36. The van der Waals surface area contributed by atoms with Gasteiger partial charge in [-0.3, -0.25) is 9.80 Å². The van der Waals surface area contributed by atoms with Gasteiger partial charge >= 0.3 is 11.9 Å². The minimum absolute atomic E-state index is 0.401. The molecule has 36 heavy (non-hydrogen) atoms. The lowest BCUT2D eigenvalue weighted by Gasteiger charge is -2.26. The molecular formula is C28H50N2O6. The standard InChI is InChI=1S/C28H50N2O6/c31-27(35-21-11-7-3-1-5-9-15-29-17-23-33-24-18-29)13-14-28(32)36-22-12-8-4-2-6-10-16-30-19-25-34-26-20-30/h13-14H,1-12,15-26H2/b14-13+. The Balaban J connectivity index is 1.29. The quantitative estimate of drug-likeness (QED) is 0.138. The van der Waals surface area contributed by atoms with E-state index in [4.69, 9.17) is 18.9 Å². The average Bonchev–Trinajstić information content (AvgIpc) is 2.91. The molecule has 0 N–H and O–H groups in total. The van der Waals surface area contributed by atoms with Gasteiger partial charge in [-0.2, -0.15) is 0 Å². The molecule has 2 saturated heterocycles. The van der Waals surface area contributed by atoms with E-state index in [-0.39, 0.29) is 0 Å².